The third-order valence-electron chi connectivity index (χ3n) is 4.48. The molecule has 0 aliphatic rings. The summed E-state index contributed by atoms with van der Waals surface area (Å²) in [5.74, 6) is -1.57. The van der Waals surface area contributed by atoms with Crippen LogP contribution >= 0.6 is 23.1 Å². The Labute approximate surface area is 189 Å². The Hall–Kier alpha value is -3.05. The van der Waals surface area contributed by atoms with Crippen LogP contribution in [0.4, 0.5) is 13.2 Å². The van der Waals surface area contributed by atoms with E-state index in [0.29, 0.717) is 33.1 Å². The Morgan fingerprint density at radius 2 is 1.72 bits per heavy atom. The number of carbonyl (C=O) groups is 1. The van der Waals surface area contributed by atoms with E-state index in [9.17, 15) is 18.0 Å². The van der Waals surface area contributed by atoms with E-state index in [1.807, 2.05) is 11.5 Å². The minimum atomic E-state index is -0.966. The van der Waals surface area contributed by atoms with Crippen LogP contribution in [0.25, 0.3) is 22.0 Å². The lowest BCUT2D eigenvalue weighted by Gasteiger charge is -2.07. The second-order valence-electron chi connectivity index (χ2n) is 6.69. The molecule has 0 unspecified atom stereocenters. The van der Waals surface area contributed by atoms with E-state index < -0.39 is 11.6 Å². The fourth-order valence-electron chi connectivity index (χ4n) is 2.93. The minimum absolute atomic E-state index is 0.0689. The molecule has 0 atom stereocenters. The number of aromatic nitrogens is 5. The van der Waals surface area contributed by atoms with Crippen LogP contribution in [-0.4, -0.2) is 36.5 Å². The van der Waals surface area contributed by atoms with Gasteiger partial charge in [0, 0.05) is 17.7 Å². The lowest BCUT2D eigenvalue weighted by atomic mass is 10.2. The molecular formula is C21H16F3N5OS2. The number of thioether (sulfide) groups is 1. The number of benzene rings is 2. The van der Waals surface area contributed by atoms with Crippen LogP contribution in [0.5, 0.6) is 0 Å². The Kier molecular flexibility index (Phi) is 6.66. The highest BCUT2D eigenvalue weighted by molar-refractivity contribution is 7.99. The molecule has 32 heavy (non-hydrogen) atoms. The van der Waals surface area contributed by atoms with Gasteiger partial charge in [0.2, 0.25) is 0 Å². The third kappa shape index (κ3) is 4.89. The van der Waals surface area contributed by atoms with E-state index in [1.54, 1.807) is 12.1 Å². The molecule has 0 N–H and O–H groups in total. The van der Waals surface area contributed by atoms with Crippen LogP contribution in [0.15, 0.2) is 47.6 Å². The number of hydrogen-bond donors (Lipinski definition) is 0. The molecule has 0 aliphatic heterocycles. The molecule has 0 radical (unpaired) electrons. The molecule has 0 fully saturated rings. The number of ketones is 1. The van der Waals surface area contributed by atoms with Crippen molar-refractivity contribution in [1.82, 2.24) is 25.0 Å². The van der Waals surface area contributed by atoms with Crippen molar-refractivity contribution < 1.29 is 18.0 Å². The van der Waals surface area contributed by atoms with Crippen LogP contribution in [0.3, 0.4) is 0 Å². The van der Waals surface area contributed by atoms with Crippen molar-refractivity contribution in [3.05, 3.63) is 64.9 Å². The Morgan fingerprint density at radius 3 is 2.44 bits per heavy atom. The van der Waals surface area contributed by atoms with E-state index in [2.05, 4.69) is 20.4 Å². The fourth-order valence-corrected chi connectivity index (χ4v) is 4.66. The van der Waals surface area contributed by atoms with Crippen LogP contribution in [0.1, 0.15) is 11.9 Å². The zero-order chi connectivity index (χ0) is 22.7. The Balaban J connectivity index is 1.40. The highest BCUT2D eigenvalue weighted by Gasteiger charge is 2.17. The van der Waals surface area contributed by atoms with Crippen molar-refractivity contribution >= 4 is 28.9 Å². The number of rotatable bonds is 8. The van der Waals surface area contributed by atoms with Gasteiger partial charge >= 0.3 is 0 Å². The summed E-state index contributed by atoms with van der Waals surface area (Å²) in [6, 6.07) is 9.46. The van der Waals surface area contributed by atoms with E-state index in [-0.39, 0.29) is 23.8 Å². The molecule has 2 aromatic carbocycles. The zero-order valence-electron chi connectivity index (χ0n) is 16.8. The molecule has 4 aromatic rings. The predicted molar refractivity (Wildman–Crippen MR) is 116 cm³/mol. The Bertz CT molecular complexity index is 1260. The molecule has 11 heteroatoms. The van der Waals surface area contributed by atoms with Gasteiger partial charge in [-0.15, -0.1) is 20.4 Å². The maximum atomic E-state index is 13.4. The molecule has 4 rings (SSSR count). The zero-order valence-corrected chi connectivity index (χ0v) is 18.4. The van der Waals surface area contributed by atoms with E-state index in [0.717, 1.165) is 29.0 Å². The lowest BCUT2D eigenvalue weighted by molar-refractivity contribution is -0.116. The van der Waals surface area contributed by atoms with Crippen molar-refractivity contribution in [2.45, 2.75) is 25.0 Å². The van der Waals surface area contributed by atoms with Crippen LogP contribution in [0, 0.1) is 17.5 Å². The molecule has 2 aromatic heterocycles. The molecule has 0 spiro atoms. The summed E-state index contributed by atoms with van der Waals surface area (Å²) >= 11 is 2.41. The highest BCUT2D eigenvalue weighted by atomic mass is 32.2. The van der Waals surface area contributed by atoms with Gasteiger partial charge in [-0.1, -0.05) is 23.1 Å². The van der Waals surface area contributed by atoms with Crippen molar-refractivity contribution in [2.24, 2.45) is 0 Å². The molecular weight excluding hydrogens is 459 g/mol. The number of carbonyl (C=O) groups excluding carboxylic acids is 1. The maximum absolute atomic E-state index is 13.4. The van der Waals surface area contributed by atoms with Gasteiger partial charge in [0.15, 0.2) is 22.6 Å². The Morgan fingerprint density at radius 1 is 0.969 bits per heavy atom. The van der Waals surface area contributed by atoms with Crippen LogP contribution in [-0.2, 0) is 17.8 Å². The first-order chi connectivity index (χ1) is 15.4. The SMILES string of the molecule is CCn1c(SCC(=O)Cc2nnc(-c3ccc(F)c(F)c3)s2)nnc1-c1ccc(F)cc1. The molecule has 2 heterocycles. The third-order valence-corrected chi connectivity index (χ3v) is 6.48. The minimum Gasteiger partial charge on any atom is -0.302 e. The van der Waals surface area contributed by atoms with Gasteiger partial charge in [-0.2, -0.15) is 0 Å². The summed E-state index contributed by atoms with van der Waals surface area (Å²) in [5, 5.41) is 17.8. The van der Waals surface area contributed by atoms with Gasteiger partial charge in [0.25, 0.3) is 0 Å². The summed E-state index contributed by atoms with van der Waals surface area (Å²) in [4.78, 5) is 12.5. The van der Waals surface area contributed by atoms with Crippen molar-refractivity contribution in [3.8, 4) is 22.0 Å². The van der Waals surface area contributed by atoms with Crippen molar-refractivity contribution in [3.63, 3.8) is 0 Å². The number of hydrogen-bond acceptors (Lipinski definition) is 7. The molecule has 6 nitrogen and oxygen atoms in total. The number of Topliss-reactive ketones (excluding diaryl/α,β-unsaturated/α-hetero) is 1. The first-order valence-electron chi connectivity index (χ1n) is 9.56. The second-order valence-corrected chi connectivity index (χ2v) is 8.70. The monoisotopic (exact) mass is 475 g/mol. The van der Waals surface area contributed by atoms with E-state index in [4.69, 9.17) is 0 Å². The standard InChI is InChI=1S/C21H16F3N5OS2/c1-2-29-19(12-3-6-14(22)7-4-12)26-28-21(29)31-11-15(30)10-18-25-27-20(32-18)13-5-8-16(23)17(24)9-13/h3-9H,2,10-11H2,1H3. The van der Waals surface area contributed by atoms with Gasteiger partial charge in [-0.3, -0.25) is 4.79 Å². The smallest absolute Gasteiger partial charge is 0.191 e. The highest BCUT2D eigenvalue weighted by Crippen LogP contribution is 2.27. The van der Waals surface area contributed by atoms with Gasteiger partial charge in [-0.25, -0.2) is 13.2 Å². The lowest BCUT2D eigenvalue weighted by Crippen LogP contribution is -2.07. The number of nitrogens with zero attached hydrogens (tertiary/aromatic N) is 5. The second kappa shape index (κ2) is 9.61. The predicted octanol–water partition coefficient (Wildman–Crippen LogP) is 4.80. The maximum Gasteiger partial charge on any atom is 0.191 e. The molecule has 0 bridgehead atoms. The van der Waals surface area contributed by atoms with Crippen LogP contribution < -0.4 is 0 Å². The number of halogens is 3. The molecule has 0 amide bonds. The first kappa shape index (κ1) is 22.2. The van der Waals surface area contributed by atoms with E-state index >= 15 is 0 Å². The summed E-state index contributed by atoms with van der Waals surface area (Å²) in [7, 11) is 0. The summed E-state index contributed by atoms with van der Waals surface area (Å²) < 4.78 is 41.6. The molecule has 0 saturated heterocycles. The summed E-state index contributed by atoms with van der Waals surface area (Å²) in [6.45, 7) is 2.52. The largest absolute Gasteiger partial charge is 0.302 e. The summed E-state index contributed by atoms with van der Waals surface area (Å²) in [5.41, 5.74) is 1.14. The molecule has 0 aliphatic carbocycles. The van der Waals surface area contributed by atoms with Gasteiger partial charge in [0.1, 0.15) is 21.6 Å². The molecule has 0 saturated carbocycles. The topological polar surface area (TPSA) is 73.6 Å². The molecule has 164 valence electrons. The van der Waals surface area contributed by atoms with Gasteiger partial charge < -0.3 is 4.57 Å². The van der Waals surface area contributed by atoms with E-state index in [1.165, 1.54) is 30.0 Å². The van der Waals surface area contributed by atoms with Crippen LogP contribution in [0.2, 0.25) is 0 Å². The van der Waals surface area contributed by atoms with Crippen molar-refractivity contribution in [1.29, 1.82) is 0 Å². The normalized spacial score (nSPS) is 11.1. The average molecular weight is 476 g/mol. The fraction of sp³-hybridized carbons (Fsp3) is 0.190. The van der Waals surface area contributed by atoms with Crippen molar-refractivity contribution in [2.75, 3.05) is 5.75 Å². The average Bonchev–Trinajstić information content (AvgIpc) is 3.41. The summed E-state index contributed by atoms with van der Waals surface area (Å²) in [6.07, 6.45) is 0.0689. The van der Waals surface area contributed by atoms with Gasteiger partial charge in [-0.05, 0) is 49.4 Å². The van der Waals surface area contributed by atoms with Gasteiger partial charge in [0.05, 0.1) is 12.2 Å². The quantitative estimate of drug-likeness (QED) is 0.341. The first-order valence-corrected chi connectivity index (χ1v) is 11.4.